The van der Waals surface area contributed by atoms with Gasteiger partial charge in [-0.3, -0.25) is 0 Å². The molecule has 2 amide bonds. The van der Waals surface area contributed by atoms with E-state index >= 15 is 0 Å². The van der Waals surface area contributed by atoms with Crippen molar-refractivity contribution in [3.63, 3.8) is 0 Å². The number of rotatable bonds is 2. The van der Waals surface area contributed by atoms with E-state index in [0.717, 1.165) is 12.1 Å². The van der Waals surface area contributed by atoms with Gasteiger partial charge in [0, 0.05) is 0 Å². The van der Waals surface area contributed by atoms with Gasteiger partial charge in [0.25, 0.3) is 10.0 Å². The minimum Gasteiger partial charge on any atom is -0.351 e. The van der Waals surface area contributed by atoms with Gasteiger partial charge in [0.05, 0.1) is 0 Å². The van der Waals surface area contributed by atoms with Crippen molar-refractivity contribution in [2.45, 2.75) is 4.90 Å². The van der Waals surface area contributed by atoms with Crippen LogP contribution in [0.2, 0.25) is 0 Å². The second kappa shape index (κ2) is 3.62. The van der Waals surface area contributed by atoms with Crippen molar-refractivity contribution < 1.29 is 17.6 Å². The van der Waals surface area contributed by atoms with Gasteiger partial charge in [-0.15, -0.1) is 0 Å². The zero-order chi connectivity index (χ0) is 10.8. The lowest BCUT2D eigenvalue weighted by atomic mass is 10.4. The number of benzene rings is 1. The maximum Gasteiger partial charge on any atom is 0.326 e. The van der Waals surface area contributed by atoms with Crippen LogP contribution < -0.4 is 10.5 Å². The molecule has 0 aromatic heterocycles. The zero-order valence-electron chi connectivity index (χ0n) is 6.90. The van der Waals surface area contributed by atoms with Crippen molar-refractivity contribution in [2.24, 2.45) is 5.73 Å². The lowest BCUT2D eigenvalue weighted by molar-refractivity contribution is 0.253. The summed E-state index contributed by atoms with van der Waals surface area (Å²) in [5, 5.41) is 0. The average Bonchev–Trinajstić information content (AvgIpc) is 2.02. The van der Waals surface area contributed by atoms with Gasteiger partial charge in [-0.1, -0.05) is 12.1 Å². The quantitative estimate of drug-likeness (QED) is 0.742. The summed E-state index contributed by atoms with van der Waals surface area (Å²) in [7, 11) is -4.19. The smallest absolute Gasteiger partial charge is 0.326 e. The highest BCUT2D eigenvalue weighted by Gasteiger charge is 2.19. The monoisotopic (exact) mass is 218 g/mol. The maximum absolute atomic E-state index is 13.0. The van der Waals surface area contributed by atoms with Gasteiger partial charge in [-0.2, -0.15) is 0 Å². The molecule has 3 N–H and O–H groups in total. The van der Waals surface area contributed by atoms with E-state index in [-0.39, 0.29) is 0 Å². The lowest BCUT2D eigenvalue weighted by Crippen LogP contribution is -2.35. The van der Waals surface area contributed by atoms with Gasteiger partial charge in [0.15, 0.2) is 0 Å². The van der Waals surface area contributed by atoms with Crippen LogP contribution in [0.4, 0.5) is 9.18 Å². The highest BCUT2D eigenvalue weighted by Crippen LogP contribution is 2.12. The Kier molecular flexibility index (Phi) is 2.70. The normalized spacial score (nSPS) is 10.9. The summed E-state index contributed by atoms with van der Waals surface area (Å²) in [5.41, 5.74) is 4.61. The molecule has 0 heterocycles. The van der Waals surface area contributed by atoms with E-state index in [1.807, 2.05) is 0 Å². The van der Waals surface area contributed by atoms with Crippen molar-refractivity contribution in [1.82, 2.24) is 4.72 Å². The summed E-state index contributed by atoms with van der Waals surface area (Å²) in [5.74, 6) is -0.943. The first-order valence-corrected chi connectivity index (χ1v) is 4.98. The molecule has 0 fully saturated rings. The number of halogens is 1. The van der Waals surface area contributed by atoms with Crippen LogP contribution in [0.5, 0.6) is 0 Å². The molecule has 0 aliphatic carbocycles. The van der Waals surface area contributed by atoms with Crippen LogP contribution in [-0.2, 0) is 10.0 Å². The van der Waals surface area contributed by atoms with Crippen LogP contribution in [0.3, 0.4) is 0 Å². The third-order valence-electron chi connectivity index (χ3n) is 1.36. The molecule has 0 saturated heterocycles. The molecular formula is C7H7FN2O3S. The van der Waals surface area contributed by atoms with E-state index in [4.69, 9.17) is 0 Å². The van der Waals surface area contributed by atoms with E-state index < -0.39 is 26.8 Å². The molecule has 1 aromatic carbocycles. The number of hydrogen-bond acceptors (Lipinski definition) is 3. The first-order valence-electron chi connectivity index (χ1n) is 3.50. The molecule has 1 aromatic rings. The summed E-state index contributed by atoms with van der Waals surface area (Å²) < 4.78 is 36.8. The van der Waals surface area contributed by atoms with Crippen molar-refractivity contribution in [2.75, 3.05) is 0 Å². The summed E-state index contributed by atoms with van der Waals surface area (Å²) in [6.07, 6.45) is 0. The van der Waals surface area contributed by atoms with Crippen LogP contribution in [0, 0.1) is 5.82 Å². The molecular weight excluding hydrogens is 211 g/mol. The minimum atomic E-state index is -4.19. The van der Waals surface area contributed by atoms with Gasteiger partial charge in [-0.25, -0.2) is 22.3 Å². The fraction of sp³-hybridized carbons (Fsp3) is 0. The number of sulfonamides is 1. The Labute approximate surface area is 79.8 Å². The molecule has 0 aliphatic rings. The fourth-order valence-corrected chi connectivity index (χ4v) is 1.81. The highest BCUT2D eigenvalue weighted by molar-refractivity contribution is 7.90. The Morgan fingerprint density at radius 1 is 1.36 bits per heavy atom. The van der Waals surface area contributed by atoms with Crippen molar-refractivity contribution >= 4 is 16.1 Å². The Hall–Kier alpha value is -1.63. The number of carbonyl (C=O) groups excluding carboxylic acids is 1. The van der Waals surface area contributed by atoms with E-state index in [0.29, 0.717) is 0 Å². The number of primary amides is 1. The third kappa shape index (κ3) is 2.19. The zero-order valence-corrected chi connectivity index (χ0v) is 7.71. The number of hydrogen-bond donors (Lipinski definition) is 2. The number of amides is 2. The van der Waals surface area contributed by atoms with Crippen LogP contribution in [0.1, 0.15) is 0 Å². The van der Waals surface area contributed by atoms with Crippen molar-refractivity contribution in [3.05, 3.63) is 30.1 Å². The summed E-state index contributed by atoms with van der Waals surface area (Å²) in [6.45, 7) is 0. The van der Waals surface area contributed by atoms with E-state index in [1.54, 1.807) is 0 Å². The second-order valence-electron chi connectivity index (χ2n) is 2.40. The molecule has 0 radical (unpaired) electrons. The maximum atomic E-state index is 13.0. The summed E-state index contributed by atoms with van der Waals surface area (Å²) in [6, 6.07) is 3.40. The molecule has 0 aliphatic heterocycles. The topological polar surface area (TPSA) is 89.3 Å². The number of nitrogens with two attached hydrogens (primary N) is 1. The molecule has 0 bridgehead atoms. The second-order valence-corrected chi connectivity index (χ2v) is 4.05. The molecule has 1 rings (SSSR count). The van der Waals surface area contributed by atoms with Gasteiger partial charge >= 0.3 is 6.03 Å². The molecule has 7 heteroatoms. The van der Waals surface area contributed by atoms with Crippen LogP contribution in [-0.4, -0.2) is 14.4 Å². The predicted molar refractivity (Wildman–Crippen MR) is 46.3 cm³/mol. The predicted octanol–water partition coefficient (Wildman–Crippen LogP) is 0.183. The van der Waals surface area contributed by atoms with Crippen LogP contribution in [0.15, 0.2) is 29.2 Å². The first-order chi connectivity index (χ1) is 6.43. The Morgan fingerprint density at radius 3 is 2.43 bits per heavy atom. The third-order valence-corrected chi connectivity index (χ3v) is 2.74. The van der Waals surface area contributed by atoms with E-state index in [9.17, 15) is 17.6 Å². The first kappa shape index (κ1) is 10.5. The van der Waals surface area contributed by atoms with Crippen molar-refractivity contribution in [1.29, 1.82) is 0 Å². The van der Waals surface area contributed by atoms with Crippen molar-refractivity contribution in [3.8, 4) is 0 Å². The van der Waals surface area contributed by atoms with Crippen LogP contribution >= 0.6 is 0 Å². The molecule has 0 atom stereocenters. The summed E-state index contributed by atoms with van der Waals surface area (Å²) in [4.78, 5) is 9.70. The average molecular weight is 218 g/mol. The number of nitrogens with one attached hydrogen (secondary N) is 1. The molecule has 5 nitrogen and oxygen atoms in total. The van der Waals surface area contributed by atoms with E-state index in [1.165, 1.54) is 16.9 Å². The van der Waals surface area contributed by atoms with Gasteiger partial charge < -0.3 is 5.73 Å². The Balaban J connectivity index is 3.17. The molecule has 0 spiro atoms. The lowest BCUT2D eigenvalue weighted by Gasteiger charge is -2.04. The molecule has 14 heavy (non-hydrogen) atoms. The Morgan fingerprint density at radius 2 is 1.93 bits per heavy atom. The number of urea groups is 1. The van der Waals surface area contributed by atoms with Gasteiger partial charge in [0.1, 0.15) is 10.7 Å². The largest absolute Gasteiger partial charge is 0.351 e. The SMILES string of the molecule is NC(=O)NS(=O)(=O)c1ccccc1F. The van der Waals surface area contributed by atoms with Gasteiger partial charge in [0.2, 0.25) is 0 Å². The van der Waals surface area contributed by atoms with Gasteiger partial charge in [-0.05, 0) is 12.1 Å². The molecule has 0 unspecified atom stereocenters. The number of carbonyl (C=O) groups is 1. The Bertz CT molecular complexity index is 458. The minimum absolute atomic E-state index is 0.612. The van der Waals surface area contributed by atoms with Crippen LogP contribution in [0.25, 0.3) is 0 Å². The summed E-state index contributed by atoms with van der Waals surface area (Å²) >= 11 is 0. The fourth-order valence-electron chi connectivity index (χ4n) is 0.850. The molecule has 76 valence electrons. The van der Waals surface area contributed by atoms with E-state index in [2.05, 4.69) is 5.73 Å². The molecule has 0 saturated carbocycles. The highest BCUT2D eigenvalue weighted by atomic mass is 32.2. The standard InChI is InChI=1S/C7H7FN2O3S/c8-5-3-1-2-4-6(5)14(12,13)10-7(9)11/h1-4H,(H3,9,10,11).